The molecule has 3 aromatic rings. The van der Waals surface area contributed by atoms with E-state index in [2.05, 4.69) is 29.3 Å². The van der Waals surface area contributed by atoms with E-state index in [9.17, 15) is 35.1 Å². The smallest absolute Gasteiger partial charge is 0.334 e. The van der Waals surface area contributed by atoms with Gasteiger partial charge in [-0.3, -0.25) is 9.59 Å². The van der Waals surface area contributed by atoms with Crippen molar-refractivity contribution >= 4 is 23.4 Å². The fraction of sp³-hybridized carbons (Fsp3) is 0.468. The molecule has 1 fully saturated rings. The highest BCUT2D eigenvalue weighted by Crippen LogP contribution is 2.44. The van der Waals surface area contributed by atoms with E-state index in [4.69, 9.17) is 9.47 Å². The third-order valence-electron chi connectivity index (χ3n) is 13.0. The zero-order valence-electron chi connectivity index (χ0n) is 32.9. The fourth-order valence-electron chi connectivity index (χ4n) is 9.62. The Kier molecular flexibility index (Phi) is 11.0. The summed E-state index contributed by atoms with van der Waals surface area (Å²) < 4.78 is 12.1. The number of aryl methyl sites for hydroxylation is 1. The largest absolute Gasteiger partial charge is 0.508 e. The van der Waals surface area contributed by atoms with Crippen molar-refractivity contribution in [2.24, 2.45) is 11.8 Å². The number of ether oxygens (including phenoxy) is 2. The highest BCUT2D eigenvalue weighted by Gasteiger charge is 2.47. The quantitative estimate of drug-likeness (QED) is 0.118. The van der Waals surface area contributed by atoms with E-state index in [1.165, 1.54) is 6.07 Å². The van der Waals surface area contributed by atoms with Gasteiger partial charge in [-0.1, -0.05) is 36.1 Å². The van der Waals surface area contributed by atoms with Crippen LogP contribution in [0.1, 0.15) is 103 Å². The lowest BCUT2D eigenvalue weighted by Gasteiger charge is -2.42. The average molecular weight is 790 g/mol. The summed E-state index contributed by atoms with van der Waals surface area (Å²) in [6.45, 7) is 3.26. The maximum absolute atomic E-state index is 15.1. The molecule has 8 atom stereocenters. The molecule has 11 heteroatoms. The topological polar surface area (TPSA) is 183 Å². The molecule has 0 aromatic heterocycles. The van der Waals surface area contributed by atoms with E-state index in [1.807, 2.05) is 18.2 Å². The first-order chi connectivity index (χ1) is 27.7. The molecule has 304 valence electrons. The van der Waals surface area contributed by atoms with Crippen molar-refractivity contribution in [3.63, 3.8) is 0 Å². The molecule has 0 radical (unpaired) electrons. The minimum absolute atomic E-state index is 0.00767. The second kappa shape index (κ2) is 16.0. The van der Waals surface area contributed by atoms with Crippen LogP contribution in [0.25, 0.3) is 0 Å². The summed E-state index contributed by atoms with van der Waals surface area (Å²) in [5.41, 5.74) is 4.85. The number of carbonyl (C=O) groups excluding carboxylic acids is 3. The van der Waals surface area contributed by atoms with Gasteiger partial charge in [0.15, 0.2) is 0 Å². The van der Waals surface area contributed by atoms with Crippen molar-refractivity contribution in [3.05, 3.63) is 98.6 Å². The fourth-order valence-corrected chi connectivity index (χ4v) is 9.62. The molecule has 11 nitrogen and oxygen atoms in total. The number of ketones is 1. The highest BCUT2D eigenvalue weighted by molar-refractivity contribution is 5.90. The Balaban J connectivity index is 1.35. The van der Waals surface area contributed by atoms with E-state index in [0.717, 1.165) is 16.7 Å². The van der Waals surface area contributed by atoms with Crippen LogP contribution in [-0.2, 0) is 51.4 Å². The van der Waals surface area contributed by atoms with Gasteiger partial charge in [-0.05, 0) is 115 Å². The first-order valence-corrected chi connectivity index (χ1v) is 20.5. The molecule has 5 aliphatic rings. The van der Waals surface area contributed by atoms with Crippen LogP contribution in [0.5, 0.6) is 11.5 Å². The van der Waals surface area contributed by atoms with Gasteiger partial charge >= 0.3 is 11.9 Å². The van der Waals surface area contributed by atoms with Gasteiger partial charge in [-0.25, -0.2) is 4.79 Å². The number of aliphatic hydroxyl groups excluding tert-OH is 3. The molecule has 6 N–H and O–H groups in total. The summed E-state index contributed by atoms with van der Waals surface area (Å²) in [4.78, 5) is 41.5. The van der Waals surface area contributed by atoms with Crippen LogP contribution in [-0.4, -0.2) is 73.7 Å². The molecule has 2 aliphatic carbocycles. The average Bonchev–Trinajstić information content (AvgIpc) is 3.34. The van der Waals surface area contributed by atoms with Crippen molar-refractivity contribution in [1.29, 1.82) is 0 Å². The third kappa shape index (κ3) is 8.03. The Morgan fingerprint density at radius 1 is 0.914 bits per heavy atom. The van der Waals surface area contributed by atoms with Crippen molar-refractivity contribution in [1.82, 2.24) is 0 Å². The van der Waals surface area contributed by atoms with Gasteiger partial charge in [0, 0.05) is 60.5 Å². The maximum Gasteiger partial charge on any atom is 0.334 e. The lowest BCUT2D eigenvalue weighted by atomic mass is 9.68. The Morgan fingerprint density at radius 3 is 2.52 bits per heavy atom. The zero-order valence-corrected chi connectivity index (χ0v) is 32.9. The third-order valence-corrected chi connectivity index (χ3v) is 13.0. The number of phenols is 1. The Hall–Kier alpha value is -4.99. The zero-order chi connectivity index (χ0) is 40.9. The predicted octanol–water partition coefficient (Wildman–Crippen LogP) is 4.85. The normalized spacial score (nSPS) is 29.9. The van der Waals surface area contributed by atoms with E-state index in [0.29, 0.717) is 65.6 Å². The summed E-state index contributed by atoms with van der Waals surface area (Å²) in [6, 6.07) is 14.7. The van der Waals surface area contributed by atoms with Crippen LogP contribution in [0.15, 0.2) is 59.7 Å². The minimum Gasteiger partial charge on any atom is -0.508 e. The van der Waals surface area contributed by atoms with Crippen molar-refractivity contribution in [3.8, 4) is 23.3 Å². The number of nitrogens with one attached hydrogen (secondary N) is 1. The molecule has 0 unspecified atom stereocenters. The van der Waals surface area contributed by atoms with E-state index in [-0.39, 0.29) is 74.0 Å². The lowest BCUT2D eigenvalue weighted by molar-refractivity contribution is -0.170. The number of carbonyl (C=O) groups is 3. The number of hydrogen-bond acceptors (Lipinski definition) is 11. The summed E-state index contributed by atoms with van der Waals surface area (Å²) in [5.74, 6) is 3.41. The lowest BCUT2D eigenvalue weighted by Crippen LogP contribution is -2.52. The molecule has 3 aliphatic heterocycles. The molecule has 58 heavy (non-hydrogen) atoms. The van der Waals surface area contributed by atoms with Gasteiger partial charge in [0.1, 0.15) is 29.0 Å². The standard InChI is InChI=1S/C47H51NO10/c1-25(50)23-48-36-14-27(24-49)13-31(16-36)29-5-6-30-21-45(54)57-43-22-41(52)34(18-38(30)43)20-44-47(2,56)35-8-10-40(51)33(15-35)12-26-3-4-28-7-9-37(39(17-29)46(55)58-44)42(53)19-32(28)11-26/h3-4,11,13-14,16,18,22,25,29-30,33,35,42,44,48-50,52-53,56H,7-10,12,15,17,19-21,23-24H2,1-2H3/b39-37-/t25-,29-,30-,33-,35-,42+,44+,47-/m0/s1. The summed E-state index contributed by atoms with van der Waals surface area (Å²) in [7, 11) is 0. The maximum atomic E-state index is 15.1. The summed E-state index contributed by atoms with van der Waals surface area (Å²) >= 11 is 0. The van der Waals surface area contributed by atoms with E-state index in [1.54, 1.807) is 26.0 Å². The van der Waals surface area contributed by atoms with Crippen molar-refractivity contribution in [2.45, 2.75) is 120 Å². The van der Waals surface area contributed by atoms with Crippen LogP contribution >= 0.6 is 0 Å². The molecule has 0 saturated heterocycles. The summed E-state index contributed by atoms with van der Waals surface area (Å²) in [6.07, 6.45) is -0.406. The molecular weight excluding hydrogens is 739 g/mol. The minimum atomic E-state index is -1.66. The van der Waals surface area contributed by atoms with Crippen LogP contribution in [0, 0.1) is 23.7 Å². The number of aliphatic hydroxyl groups is 4. The number of esters is 2. The molecule has 9 bridgehead atoms. The molecule has 3 heterocycles. The second-order valence-electron chi connectivity index (χ2n) is 17.1. The van der Waals surface area contributed by atoms with Crippen molar-refractivity contribution in [2.75, 3.05) is 11.9 Å². The highest BCUT2D eigenvalue weighted by atomic mass is 16.6. The SMILES string of the molecule is C[C@H](O)CNc1cc(CO)cc([C@H]2C#C[C@H]3CC(=O)Oc4cc(O)c(cc43)C[C@H]3OC(=O)/C(=C4/CCc5ccc(cc5C[C@H]4O)C[C@H]4C[C@H](CCC4=O)[C@]3(C)O)C2)c1. The van der Waals surface area contributed by atoms with Crippen LogP contribution < -0.4 is 10.1 Å². The molecular formula is C47H51NO10. The monoisotopic (exact) mass is 789 g/mol. The van der Waals surface area contributed by atoms with E-state index < -0.39 is 53.6 Å². The number of anilines is 1. The van der Waals surface area contributed by atoms with Crippen LogP contribution in [0.3, 0.4) is 0 Å². The number of Topliss-reactive ketones (excluding diaryl/α,β-unsaturated/α-hetero) is 1. The number of benzene rings is 3. The summed E-state index contributed by atoms with van der Waals surface area (Å²) in [5, 5.41) is 59.7. The Labute approximate surface area is 338 Å². The van der Waals surface area contributed by atoms with Gasteiger partial charge in [0.2, 0.25) is 0 Å². The van der Waals surface area contributed by atoms with E-state index >= 15 is 4.79 Å². The predicted molar refractivity (Wildman–Crippen MR) is 214 cm³/mol. The molecule has 8 rings (SSSR count). The first kappa shape index (κ1) is 39.8. The van der Waals surface area contributed by atoms with Gasteiger partial charge < -0.3 is 40.3 Å². The number of rotatable bonds is 5. The second-order valence-corrected chi connectivity index (χ2v) is 17.1. The van der Waals surface area contributed by atoms with Crippen LogP contribution in [0.2, 0.25) is 0 Å². The molecule has 1 saturated carbocycles. The number of phenolic OH excluding ortho intramolecular Hbond substituents is 1. The molecule has 0 amide bonds. The first-order valence-electron chi connectivity index (χ1n) is 20.5. The number of aromatic hydroxyl groups is 1. The van der Waals surface area contributed by atoms with Crippen LogP contribution in [0.4, 0.5) is 5.69 Å². The molecule has 0 spiro atoms. The Bertz CT molecular complexity index is 2240. The Morgan fingerprint density at radius 2 is 1.72 bits per heavy atom. The number of fused-ring (bicyclic) bond motifs is 9. The van der Waals surface area contributed by atoms with Gasteiger partial charge in [0.25, 0.3) is 0 Å². The van der Waals surface area contributed by atoms with Crippen molar-refractivity contribution < 1.29 is 49.4 Å². The van der Waals surface area contributed by atoms with Gasteiger partial charge in [-0.15, -0.1) is 0 Å². The number of hydrogen-bond donors (Lipinski definition) is 6. The molecule has 3 aromatic carbocycles. The van der Waals surface area contributed by atoms with Gasteiger partial charge in [0.05, 0.1) is 31.2 Å². The van der Waals surface area contributed by atoms with Gasteiger partial charge in [-0.2, -0.15) is 0 Å².